The van der Waals surface area contributed by atoms with Gasteiger partial charge in [0.05, 0.1) is 6.54 Å². The molecule has 3 heterocycles. The molecule has 25 heavy (non-hydrogen) atoms. The molecule has 0 saturated carbocycles. The van der Waals surface area contributed by atoms with Gasteiger partial charge in [-0.1, -0.05) is 19.0 Å². The van der Waals surface area contributed by atoms with E-state index in [1.54, 1.807) is 16.8 Å². The third-order valence-electron chi connectivity index (χ3n) is 4.95. The van der Waals surface area contributed by atoms with Crippen molar-refractivity contribution in [1.82, 2.24) is 25.3 Å². The highest BCUT2D eigenvalue weighted by molar-refractivity contribution is 5.85. The molecule has 0 aromatic carbocycles. The van der Waals surface area contributed by atoms with E-state index in [0.29, 0.717) is 43.7 Å². The van der Waals surface area contributed by atoms with Crippen molar-refractivity contribution in [1.29, 1.82) is 0 Å². The topological polar surface area (TPSA) is 91.6 Å². The Kier molecular flexibility index (Phi) is 5.36. The number of hydrogen-bond acceptors (Lipinski definition) is 6. The SMILES string of the molecule is CC(C)c1nc(CCN(C)C(=O)CN2C[C@@H]3CC[C@H](CC2=O)N3)no1. The highest BCUT2D eigenvalue weighted by Gasteiger charge is 2.34. The Morgan fingerprint density at radius 2 is 2.16 bits per heavy atom. The van der Waals surface area contributed by atoms with Gasteiger partial charge in [0.15, 0.2) is 5.82 Å². The van der Waals surface area contributed by atoms with E-state index in [-0.39, 0.29) is 30.3 Å². The van der Waals surface area contributed by atoms with Crippen molar-refractivity contribution in [3.8, 4) is 0 Å². The largest absolute Gasteiger partial charge is 0.344 e. The summed E-state index contributed by atoms with van der Waals surface area (Å²) in [6.07, 6.45) is 3.17. The monoisotopic (exact) mass is 349 g/mol. The van der Waals surface area contributed by atoms with Crippen LogP contribution < -0.4 is 5.32 Å². The van der Waals surface area contributed by atoms with Crippen LogP contribution in [-0.2, 0) is 16.0 Å². The van der Waals surface area contributed by atoms with Crippen LogP contribution in [-0.4, -0.2) is 70.5 Å². The van der Waals surface area contributed by atoms with E-state index in [2.05, 4.69) is 15.5 Å². The molecule has 1 aromatic heterocycles. The number of aromatic nitrogens is 2. The first-order valence-electron chi connectivity index (χ1n) is 9.02. The second-order valence-electron chi connectivity index (χ2n) is 7.39. The Labute approximate surface area is 147 Å². The van der Waals surface area contributed by atoms with Crippen molar-refractivity contribution >= 4 is 11.8 Å². The van der Waals surface area contributed by atoms with Crippen LogP contribution in [0.5, 0.6) is 0 Å². The number of amides is 2. The quantitative estimate of drug-likeness (QED) is 0.806. The molecule has 0 aliphatic carbocycles. The summed E-state index contributed by atoms with van der Waals surface area (Å²) >= 11 is 0. The first-order valence-corrected chi connectivity index (χ1v) is 9.02. The number of carbonyl (C=O) groups excluding carboxylic acids is 2. The molecule has 138 valence electrons. The lowest BCUT2D eigenvalue weighted by atomic mass is 10.1. The summed E-state index contributed by atoms with van der Waals surface area (Å²) in [6, 6.07) is 0.604. The van der Waals surface area contributed by atoms with Gasteiger partial charge in [-0.25, -0.2) is 0 Å². The molecule has 2 atom stereocenters. The lowest BCUT2D eigenvalue weighted by molar-refractivity contribution is -0.139. The van der Waals surface area contributed by atoms with Crippen LogP contribution in [0, 0.1) is 0 Å². The Hall–Kier alpha value is -1.96. The molecule has 2 saturated heterocycles. The predicted octanol–water partition coefficient (Wildman–Crippen LogP) is 0.547. The van der Waals surface area contributed by atoms with E-state index >= 15 is 0 Å². The van der Waals surface area contributed by atoms with Crippen LogP contribution in [0.4, 0.5) is 0 Å². The molecule has 2 fully saturated rings. The third kappa shape index (κ3) is 4.36. The van der Waals surface area contributed by atoms with Crippen molar-refractivity contribution in [3.05, 3.63) is 11.7 Å². The minimum absolute atomic E-state index is 0.0568. The van der Waals surface area contributed by atoms with Gasteiger partial charge in [0.25, 0.3) is 0 Å². The second-order valence-corrected chi connectivity index (χ2v) is 7.39. The van der Waals surface area contributed by atoms with Crippen molar-refractivity contribution in [2.75, 3.05) is 26.7 Å². The molecular formula is C17H27N5O3. The zero-order chi connectivity index (χ0) is 18.0. The lowest BCUT2D eigenvalue weighted by Crippen LogP contribution is -2.44. The maximum absolute atomic E-state index is 12.5. The van der Waals surface area contributed by atoms with Gasteiger partial charge in [0, 0.05) is 51.0 Å². The summed E-state index contributed by atoms with van der Waals surface area (Å²) in [5.41, 5.74) is 0. The summed E-state index contributed by atoms with van der Waals surface area (Å²) in [5, 5.41) is 7.40. The fourth-order valence-electron chi connectivity index (χ4n) is 3.35. The van der Waals surface area contributed by atoms with Gasteiger partial charge in [-0.15, -0.1) is 0 Å². The minimum atomic E-state index is -0.0568. The number of carbonyl (C=O) groups is 2. The van der Waals surface area contributed by atoms with Gasteiger partial charge >= 0.3 is 0 Å². The average Bonchev–Trinajstić information content (AvgIpc) is 3.17. The summed E-state index contributed by atoms with van der Waals surface area (Å²) in [7, 11) is 1.75. The lowest BCUT2D eigenvalue weighted by Gasteiger charge is -2.26. The van der Waals surface area contributed by atoms with Crippen molar-refractivity contribution < 1.29 is 14.1 Å². The van der Waals surface area contributed by atoms with Crippen LogP contribution in [0.3, 0.4) is 0 Å². The Morgan fingerprint density at radius 3 is 2.88 bits per heavy atom. The van der Waals surface area contributed by atoms with E-state index in [4.69, 9.17) is 4.52 Å². The summed E-state index contributed by atoms with van der Waals surface area (Å²) in [6.45, 7) is 5.25. The molecule has 1 aromatic rings. The minimum Gasteiger partial charge on any atom is -0.344 e. The number of rotatable bonds is 6. The highest BCUT2D eigenvalue weighted by atomic mass is 16.5. The number of likely N-dealkylation sites (tertiary alicyclic amines) is 1. The number of nitrogens with zero attached hydrogens (tertiary/aromatic N) is 4. The number of likely N-dealkylation sites (N-methyl/N-ethyl adjacent to an activating group) is 1. The van der Waals surface area contributed by atoms with Crippen LogP contribution in [0.15, 0.2) is 4.52 Å². The number of hydrogen-bond donors (Lipinski definition) is 1. The van der Waals surface area contributed by atoms with E-state index < -0.39 is 0 Å². The molecule has 2 aliphatic rings. The van der Waals surface area contributed by atoms with E-state index in [9.17, 15) is 9.59 Å². The van der Waals surface area contributed by atoms with Crippen molar-refractivity contribution in [2.24, 2.45) is 0 Å². The maximum Gasteiger partial charge on any atom is 0.241 e. The van der Waals surface area contributed by atoms with E-state index in [0.717, 1.165) is 12.8 Å². The zero-order valence-electron chi connectivity index (χ0n) is 15.2. The molecule has 2 bridgehead atoms. The van der Waals surface area contributed by atoms with Crippen LogP contribution in [0.2, 0.25) is 0 Å². The Balaban J connectivity index is 1.49. The van der Waals surface area contributed by atoms with Crippen LogP contribution in [0.25, 0.3) is 0 Å². The van der Waals surface area contributed by atoms with Gasteiger partial charge in [-0.3, -0.25) is 9.59 Å². The highest BCUT2D eigenvalue weighted by Crippen LogP contribution is 2.21. The molecule has 0 spiro atoms. The molecule has 3 rings (SSSR count). The molecule has 0 radical (unpaired) electrons. The van der Waals surface area contributed by atoms with E-state index in [1.807, 2.05) is 13.8 Å². The fraction of sp³-hybridized carbons (Fsp3) is 0.765. The van der Waals surface area contributed by atoms with Crippen LogP contribution >= 0.6 is 0 Å². The van der Waals surface area contributed by atoms with Gasteiger partial charge < -0.3 is 19.6 Å². The standard InChI is InChI=1S/C17H27N5O3/c1-11(2)17-19-14(20-25-17)6-7-21(3)16(24)10-22-9-13-5-4-12(18-13)8-15(22)23/h11-13,18H,4-10H2,1-3H3/t12-,13+/m1/s1. The van der Waals surface area contributed by atoms with Crippen molar-refractivity contribution in [2.45, 2.75) is 57.5 Å². The summed E-state index contributed by atoms with van der Waals surface area (Å²) < 4.78 is 5.17. The molecule has 0 unspecified atom stereocenters. The smallest absolute Gasteiger partial charge is 0.241 e. The normalized spacial score (nSPS) is 23.2. The first kappa shape index (κ1) is 17.8. The first-order chi connectivity index (χ1) is 11.9. The molecule has 8 nitrogen and oxygen atoms in total. The number of nitrogens with one attached hydrogen (secondary N) is 1. The molecule has 1 N–H and O–H groups in total. The molecule has 8 heteroatoms. The predicted molar refractivity (Wildman–Crippen MR) is 90.9 cm³/mol. The van der Waals surface area contributed by atoms with Crippen molar-refractivity contribution in [3.63, 3.8) is 0 Å². The fourth-order valence-corrected chi connectivity index (χ4v) is 3.35. The summed E-state index contributed by atoms with van der Waals surface area (Å²) in [5.74, 6) is 1.43. The Morgan fingerprint density at radius 1 is 1.40 bits per heavy atom. The maximum atomic E-state index is 12.5. The van der Waals surface area contributed by atoms with Gasteiger partial charge in [-0.05, 0) is 12.8 Å². The molecular weight excluding hydrogens is 322 g/mol. The van der Waals surface area contributed by atoms with Crippen LogP contribution in [0.1, 0.15) is 50.7 Å². The zero-order valence-corrected chi connectivity index (χ0v) is 15.2. The second kappa shape index (κ2) is 7.51. The van der Waals surface area contributed by atoms with Gasteiger partial charge in [0.2, 0.25) is 17.7 Å². The Bertz CT molecular complexity index is 630. The molecule has 2 amide bonds. The third-order valence-corrected chi connectivity index (χ3v) is 4.95. The average molecular weight is 349 g/mol. The molecule has 2 aliphatic heterocycles. The van der Waals surface area contributed by atoms with E-state index in [1.165, 1.54) is 0 Å². The number of fused-ring (bicyclic) bond motifs is 2. The summed E-state index contributed by atoms with van der Waals surface area (Å²) in [4.78, 5) is 32.4. The van der Waals surface area contributed by atoms with Gasteiger partial charge in [-0.2, -0.15) is 4.98 Å². The van der Waals surface area contributed by atoms with Gasteiger partial charge in [0.1, 0.15) is 0 Å².